The van der Waals surface area contributed by atoms with Gasteiger partial charge in [0.2, 0.25) is 0 Å². The number of carbonyl (C=O) groups excluding carboxylic acids is 1. The fourth-order valence-electron chi connectivity index (χ4n) is 3.24. The van der Waals surface area contributed by atoms with Crippen LogP contribution in [0.3, 0.4) is 0 Å². The molecule has 0 atom stereocenters. The van der Waals surface area contributed by atoms with Gasteiger partial charge in [0.25, 0.3) is 0 Å². The van der Waals surface area contributed by atoms with Crippen LogP contribution in [0.1, 0.15) is 48.6 Å². The van der Waals surface area contributed by atoms with E-state index in [1.807, 2.05) is 0 Å². The minimum absolute atomic E-state index is 0.270. The van der Waals surface area contributed by atoms with Crippen molar-refractivity contribution in [1.29, 1.82) is 0 Å². The molecule has 1 aromatic carbocycles. The number of aromatic amines is 1. The maximum atomic E-state index is 11.2. The number of rotatable bonds is 3. The zero-order chi connectivity index (χ0) is 13.4. The molecule has 100 valence electrons. The van der Waals surface area contributed by atoms with Gasteiger partial charge in [-0.05, 0) is 74.8 Å². The van der Waals surface area contributed by atoms with Gasteiger partial charge < -0.3 is 9.78 Å². The topological polar surface area (TPSA) is 32.9 Å². The lowest BCUT2D eigenvalue weighted by molar-refractivity contribution is -0.116. The zero-order valence-corrected chi connectivity index (χ0v) is 11.8. The predicted octanol–water partition coefficient (Wildman–Crippen LogP) is 3.88. The van der Waals surface area contributed by atoms with Crippen LogP contribution < -0.4 is 0 Å². The summed E-state index contributed by atoms with van der Waals surface area (Å²) in [7, 11) is 0. The fraction of sp³-hybridized carbons (Fsp3) is 0.471. The second-order valence-corrected chi connectivity index (χ2v) is 5.80. The first-order valence-corrected chi connectivity index (χ1v) is 7.27. The Morgan fingerprint density at radius 2 is 1.89 bits per heavy atom. The number of hydrogen-bond acceptors (Lipinski definition) is 1. The molecule has 0 aliphatic heterocycles. The van der Waals surface area contributed by atoms with Crippen molar-refractivity contribution in [2.24, 2.45) is 0 Å². The minimum atomic E-state index is 0.270. The molecule has 1 heterocycles. The quantitative estimate of drug-likeness (QED) is 0.887. The summed E-state index contributed by atoms with van der Waals surface area (Å²) in [6.07, 6.45) is 6.55. The molecule has 1 aliphatic carbocycles. The van der Waals surface area contributed by atoms with Crippen molar-refractivity contribution >= 4 is 16.7 Å². The number of carbonyl (C=O) groups is 1. The number of aromatic nitrogens is 1. The zero-order valence-electron chi connectivity index (χ0n) is 11.8. The molecule has 3 rings (SSSR count). The highest BCUT2D eigenvalue weighted by Crippen LogP contribution is 2.30. The van der Waals surface area contributed by atoms with Gasteiger partial charge in [0.1, 0.15) is 5.78 Å². The smallest absolute Gasteiger partial charge is 0.130 e. The second kappa shape index (κ2) is 4.84. The molecule has 2 heteroatoms. The first-order valence-electron chi connectivity index (χ1n) is 7.27. The van der Waals surface area contributed by atoms with Crippen molar-refractivity contribution < 1.29 is 4.79 Å². The summed E-state index contributed by atoms with van der Waals surface area (Å²) >= 11 is 0. The lowest BCUT2D eigenvalue weighted by Crippen LogP contribution is -2.02. The summed E-state index contributed by atoms with van der Waals surface area (Å²) < 4.78 is 0. The summed E-state index contributed by atoms with van der Waals surface area (Å²) in [5.74, 6) is 0.270. The maximum Gasteiger partial charge on any atom is 0.130 e. The molecule has 0 saturated heterocycles. The standard InChI is InChI=1S/C17H21NO/c1-11(19)7-8-15-12(2)18-17-10-14-6-4-3-5-13(14)9-16(15)17/h9-10,18H,3-8H2,1-2H3. The van der Waals surface area contributed by atoms with E-state index in [0.29, 0.717) is 6.42 Å². The molecule has 1 aliphatic rings. The number of ketones is 1. The van der Waals surface area contributed by atoms with E-state index >= 15 is 0 Å². The highest BCUT2D eigenvalue weighted by Gasteiger charge is 2.15. The number of hydrogen-bond donors (Lipinski definition) is 1. The second-order valence-electron chi connectivity index (χ2n) is 5.80. The van der Waals surface area contributed by atoms with E-state index in [-0.39, 0.29) is 5.78 Å². The Balaban J connectivity index is 2.06. The van der Waals surface area contributed by atoms with Crippen LogP contribution in [0.4, 0.5) is 0 Å². The van der Waals surface area contributed by atoms with Crippen LogP contribution in [0.2, 0.25) is 0 Å². The Labute approximate surface area is 114 Å². The molecule has 0 bridgehead atoms. The lowest BCUT2D eigenvalue weighted by Gasteiger charge is -2.15. The molecule has 0 fully saturated rings. The number of fused-ring (bicyclic) bond motifs is 2. The van der Waals surface area contributed by atoms with Gasteiger partial charge >= 0.3 is 0 Å². The number of H-pyrrole nitrogens is 1. The van der Waals surface area contributed by atoms with Crippen molar-refractivity contribution in [1.82, 2.24) is 4.98 Å². The first-order chi connectivity index (χ1) is 9.15. The summed E-state index contributed by atoms with van der Waals surface area (Å²) in [4.78, 5) is 14.7. The first kappa shape index (κ1) is 12.5. The van der Waals surface area contributed by atoms with Crippen molar-refractivity contribution in [2.45, 2.75) is 52.4 Å². The molecule has 0 amide bonds. The monoisotopic (exact) mass is 255 g/mol. The number of nitrogens with one attached hydrogen (secondary N) is 1. The summed E-state index contributed by atoms with van der Waals surface area (Å²) in [6, 6.07) is 4.69. The number of aryl methyl sites for hydroxylation is 4. The Hall–Kier alpha value is -1.57. The van der Waals surface area contributed by atoms with Gasteiger partial charge in [-0.25, -0.2) is 0 Å². The third-order valence-corrected chi connectivity index (χ3v) is 4.31. The Bertz CT molecular complexity index is 636. The fourth-order valence-corrected chi connectivity index (χ4v) is 3.24. The van der Waals surface area contributed by atoms with E-state index in [1.54, 1.807) is 6.92 Å². The minimum Gasteiger partial charge on any atom is -0.358 e. The van der Waals surface area contributed by atoms with Gasteiger partial charge in [-0.15, -0.1) is 0 Å². The van der Waals surface area contributed by atoms with Crippen LogP contribution in [0.15, 0.2) is 12.1 Å². The molecular weight excluding hydrogens is 234 g/mol. The van der Waals surface area contributed by atoms with E-state index in [4.69, 9.17) is 0 Å². The molecule has 1 aromatic heterocycles. The third-order valence-electron chi connectivity index (χ3n) is 4.31. The van der Waals surface area contributed by atoms with Gasteiger partial charge in [0.05, 0.1) is 0 Å². The van der Waals surface area contributed by atoms with Gasteiger partial charge in [0.15, 0.2) is 0 Å². The van der Waals surface area contributed by atoms with Crippen LogP contribution in [-0.4, -0.2) is 10.8 Å². The normalized spacial score (nSPS) is 14.6. The van der Waals surface area contributed by atoms with Crippen molar-refractivity contribution in [3.8, 4) is 0 Å². The summed E-state index contributed by atoms with van der Waals surface area (Å²) in [5.41, 5.74) is 6.83. The van der Waals surface area contributed by atoms with Crippen molar-refractivity contribution in [3.63, 3.8) is 0 Å². The van der Waals surface area contributed by atoms with Crippen LogP contribution in [0.25, 0.3) is 10.9 Å². The highest BCUT2D eigenvalue weighted by molar-refractivity contribution is 5.87. The van der Waals surface area contributed by atoms with Crippen LogP contribution in [0.5, 0.6) is 0 Å². The van der Waals surface area contributed by atoms with E-state index in [1.165, 1.54) is 59.0 Å². The largest absolute Gasteiger partial charge is 0.358 e. The van der Waals surface area contributed by atoms with Gasteiger partial charge in [-0.1, -0.05) is 0 Å². The summed E-state index contributed by atoms with van der Waals surface area (Å²) in [6.45, 7) is 3.79. The molecule has 2 aromatic rings. The molecule has 0 saturated carbocycles. The SMILES string of the molecule is CC(=O)CCc1c(C)[nH]c2cc3c(cc12)CCCC3. The van der Waals surface area contributed by atoms with Gasteiger partial charge in [-0.3, -0.25) is 0 Å². The average molecular weight is 255 g/mol. The third kappa shape index (κ3) is 2.32. The molecule has 19 heavy (non-hydrogen) atoms. The number of benzene rings is 1. The van der Waals surface area contributed by atoms with Crippen LogP contribution in [-0.2, 0) is 24.1 Å². The molecule has 0 unspecified atom stereocenters. The van der Waals surface area contributed by atoms with Gasteiger partial charge in [-0.2, -0.15) is 0 Å². The van der Waals surface area contributed by atoms with E-state index in [0.717, 1.165) is 6.42 Å². The van der Waals surface area contributed by atoms with E-state index < -0.39 is 0 Å². The highest BCUT2D eigenvalue weighted by atomic mass is 16.1. The molecule has 0 radical (unpaired) electrons. The molecule has 0 spiro atoms. The van der Waals surface area contributed by atoms with Crippen molar-refractivity contribution in [3.05, 3.63) is 34.5 Å². The molecular formula is C17H21NO. The molecule has 2 nitrogen and oxygen atoms in total. The predicted molar refractivity (Wildman–Crippen MR) is 78.7 cm³/mol. The van der Waals surface area contributed by atoms with Crippen LogP contribution >= 0.6 is 0 Å². The van der Waals surface area contributed by atoms with Crippen LogP contribution in [0, 0.1) is 6.92 Å². The number of Topliss-reactive ketones (excluding diaryl/α,β-unsaturated/α-hetero) is 1. The van der Waals surface area contributed by atoms with Gasteiger partial charge in [0, 0.05) is 23.0 Å². The average Bonchev–Trinajstić information content (AvgIpc) is 2.68. The Kier molecular flexibility index (Phi) is 3.17. The molecule has 1 N–H and O–H groups in total. The van der Waals surface area contributed by atoms with Crippen molar-refractivity contribution in [2.75, 3.05) is 0 Å². The van der Waals surface area contributed by atoms with E-state index in [2.05, 4.69) is 24.0 Å². The Morgan fingerprint density at radius 1 is 1.21 bits per heavy atom. The maximum absolute atomic E-state index is 11.2. The summed E-state index contributed by atoms with van der Waals surface area (Å²) in [5, 5.41) is 1.33. The van der Waals surface area contributed by atoms with E-state index in [9.17, 15) is 4.79 Å². The Morgan fingerprint density at radius 3 is 2.58 bits per heavy atom. The lowest BCUT2D eigenvalue weighted by atomic mass is 9.90.